The molecule has 6 heteroatoms. The van der Waals surface area contributed by atoms with Crippen molar-refractivity contribution in [3.05, 3.63) is 71.5 Å². The number of aromatic nitrogens is 1. The molecule has 144 valence electrons. The van der Waals surface area contributed by atoms with Gasteiger partial charge < -0.3 is 9.80 Å². The van der Waals surface area contributed by atoms with Crippen LogP contribution in [0.1, 0.15) is 12.1 Å². The molecule has 1 amide bonds. The standard InChI is InChI=1S/C22H22FN3OS/c23-18-6-9-20(10-7-18)25-12-14-26(15-13-25)21(27)11-8-19-16-28-22(24-19)17-4-2-1-3-5-17/h1-7,9-10,16H,8,11-15H2. The molecule has 0 aliphatic carbocycles. The van der Waals surface area contributed by atoms with Crippen molar-refractivity contribution < 1.29 is 9.18 Å². The summed E-state index contributed by atoms with van der Waals surface area (Å²) in [5, 5.41) is 3.04. The fourth-order valence-electron chi connectivity index (χ4n) is 3.39. The van der Waals surface area contributed by atoms with Gasteiger partial charge in [0.15, 0.2) is 0 Å². The zero-order valence-electron chi connectivity index (χ0n) is 15.6. The van der Waals surface area contributed by atoms with Crippen LogP contribution in [0, 0.1) is 5.82 Å². The van der Waals surface area contributed by atoms with Crippen molar-refractivity contribution >= 4 is 22.9 Å². The Hall–Kier alpha value is -2.73. The largest absolute Gasteiger partial charge is 0.368 e. The normalized spacial score (nSPS) is 14.3. The summed E-state index contributed by atoms with van der Waals surface area (Å²) >= 11 is 1.62. The maximum Gasteiger partial charge on any atom is 0.223 e. The van der Waals surface area contributed by atoms with E-state index in [1.807, 2.05) is 40.6 Å². The second-order valence-electron chi connectivity index (χ2n) is 6.85. The topological polar surface area (TPSA) is 36.4 Å². The van der Waals surface area contributed by atoms with E-state index in [1.54, 1.807) is 23.5 Å². The van der Waals surface area contributed by atoms with E-state index in [9.17, 15) is 9.18 Å². The highest BCUT2D eigenvalue weighted by Gasteiger charge is 2.21. The molecule has 0 N–H and O–H groups in total. The number of piperazine rings is 1. The Morgan fingerprint density at radius 3 is 2.43 bits per heavy atom. The lowest BCUT2D eigenvalue weighted by atomic mass is 10.2. The van der Waals surface area contributed by atoms with Crippen LogP contribution in [0.15, 0.2) is 60.0 Å². The molecule has 1 aliphatic rings. The Morgan fingerprint density at radius 1 is 1.00 bits per heavy atom. The number of hydrogen-bond acceptors (Lipinski definition) is 4. The minimum absolute atomic E-state index is 0.174. The minimum Gasteiger partial charge on any atom is -0.368 e. The molecule has 28 heavy (non-hydrogen) atoms. The van der Waals surface area contributed by atoms with Crippen molar-refractivity contribution in [2.45, 2.75) is 12.8 Å². The Morgan fingerprint density at radius 2 is 1.71 bits per heavy atom. The molecule has 0 bridgehead atoms. The summed E-state index contributed by atoms with van der Waals surface area (Å²) in [6, 6.07) is 16.6. The van der Waals surface area contributed by atoms with E-state index in [2.05, 4.69) is 9.88 Å². The predicted molar refractivity (Wildman–Crippen MR) is 111 cm³/mol. The van der Waals surface area contributed by atoms with Crippen LogP contribution in [-0.2, 0) is 11.2 Å². The van der Waals surface area contributed by atoms with Gasteiger partial charge in [0.25, 0.3) is 0 Å². The number of anilines is 1. The quantitative estimate of drug-likeness (QED) is 0.649. The van der Waals surface area contributed by atoms with Crippen LogP contribution >= 0.6 is 11.3 Å². The number of rotatable bonds is 5. The van der Waals surface area contributed by atoms with Gasteiger partial charge in [-0.3, -0.25) is 4.79 Å². The highest BCUT2D eigenvalue weighted by atomic mass is 32.1. The summed E-state index contributed by atoms with van der Waals surface area (Å²) in [5.74, 6) is -0.0527. The van der Waals surface area contributed by atoms with Crippen molar-refractivity contribution in [2.75, 3.05) is 31.1 Å². The number of hydrogen-bond donors (Lipinski definition) is 0. The maximum atomic E-state index is 13.1. The molecule has 0 spiro atoms. The van der Waals surface area contributed by atoms with E-state index in [0.717, 1.165) is 35.0 Å². The fraction of sp³-hybridized carbons (Fsp3) is 0.273. The lowest BCUT2D eigenvalue weighted by Crippen LogP contribution is -2.48. The Bertz CT molecular complexity index is 918. The van der Waals surface area contributed by atoms with E-state index >= 15 is 0 Å². The number of nitrogens with zero attached hydrogens (tertiary/aromatic N) is 3. The molecule has 2 heterocycles. The molecular formula is C22H22FN3OS. The summed E-state index contributed by atoms with van der Waals surface area (Å²) in [6.07, 6.45) is 1.15. The highest BCUT2D eigenvalue weighted by Crippen LogP contribution is 2.24. The van der Waals surface area contributed by atoms with E-state index in [1.165, 1.54) is 12.1 Å². The third kappa shape index (κ3) is 4.39. The molecule has 0 atom stereocenters. The SMILES string of the molecule is O=C(CCc1csc(-c2ccccc2)n1)N1CCN(c2ccc(F)cc2)CC1. The van der Waals surface area contributed by atoms with Crippen molar-refractivity contribution in [3.8, 4) is 10.6 Å². The van der Waals surface area contributed by atoms with Crippen LogP contribution < -0.4 is 4.90 Å². The first-order chi connectivity index (χ1) is 13.7. The van der Waals surface area contributed by atoms with Gasteiger partial charge in [-0.15, -0.1) is 11.3 Å². The zero-order valence-corrected chi connectivity index (χ0v) is 16.4. The molecule has 1 fully saturated rings. The summed E-state index contributed by atoms with van der Waals surface area (Å²) < 4.78 is 13.1. The number of amides is 1. The third-order valence-electron chi connectivity index (χ3n) is 4.99. The third-order valence-corrected chi connectivity index (χ3v) is 5.93. The van der Waals surface area contributed by atoms with Crippen LogP contribution in [0.25, 0.3) is 10.6 Å². The van der Waals surface area contributed by atoms with Gasteiger partial charge in [0, 0.05) is 49.2 Å². The molecule has 1 aromatic heterocycles. The van der Waals surface area contributed by atoms with E-state index in [-0.39, 0.29) is 11.7 Å². The minimum atomic E-state index is -0.227. The molecular weight excluding hydrogens is 373 g/mol. The smallest absolute Gasteiger partial charge is 0.223 e. The van der Waals surface area contributed by atoms with Crippen LogP contribution in [-0.4, -0.2) is 42.0 Å². The first-order valence-corrected chi connectivity index (χ1v) is 10.3. The number of thiazole rings is 1. The lowest BCUT2D eigenvalue weighted by molar-refractivity contribution is -0.131. The van der Waals surface area contributed by atoms with Gasteiger partial charge in [-0.2, -0.15) is 0 Å². The van der Waals surface area contributed by atoms with Crippen LogP contribution in [0.3, 0.4) is 0 Å². The van der Waals surface area contributed by atoms with Crippen LogP contribution in [0.5, 0.6) is 0 Å². The first kappa shape index (κ1) is 18.6. The summed E-state index contributed by atoms with van der Waals surface area (Å²) in [7, 11) is 0. The number of carbonyl (C=O) groups is 1. The highest BCUT2D eigenvalue weighted by molar-refractivity contribution is 7.13. The number of benzene rings is 2. The number of aryl methyl sites for hydroxylation is 1. The predicted octanol–water partition coefficient (Wildman–Crippen LogP) is 4.23. The molecule has 0 unspecified atom stereocenters. The maximum absolute atomic E-state index is 13.1. The van der Waals surface area contributed by atoms with Gasteiger partial charge in [-0.25, -0.2) is 9.37 Å². The second-order valence-corrected chi connectivity index (χ2v) is 7.71. The van der Waals surface area contributed by atoms with Crippen molar-refractivity contribution in [1.82, 2.24) is 9.88 Å². The molecule has 1 aliphatic heterocycles. The van der Waals surface area contributed by atoms with Gasteiger partial charge in [-0.1, -0.05) is 30.3 Å². The average molecular weight is 396 g/mol. The monoisotopic (exact) mass is 395 g/mol. The van der Waals surface area contributed by atoms with E-state index in [0.29, 0.717) is 25.9 Å². The number of halogens is 1. The van der Waals surface area contributed by atoms with Crippen molar-refractivity contribution in [3.63, 3.8) is 0 Å². The Labute approximate surface area is 168 Å². The summed E-state index contributed by atoms with van der Waals surface area (Å²) in [5.41, 5.74) is 3.09. The molecule has 2 aromatic carbocycles. The Kier molecular flexibility index (Phi) is 5.67. The van der Waals surface area contributed by atoms with Crippen molar-refractivity contribution in [2.24, 2.45) is 0 Å². The summed E-state index contributed by atoms with van der Waals surface area (Å²) in [6.45, 7) is 2.93. The number of carbonyl (C=O) groups excluding carboxylic acids is 1. The molecule has 0 saturated carbocycles. The zero-order chi connectivity index (χ0) is 19.3. The molecule has 1 saturated heterocycles. The Balaban J connectivity index is 1.27. The van der Waals surface area contributed by atoms with E-state index < -0.39 is 0 Å². The first-order valence-electron chi connectivity index (χ1n) is 9.47. The molecule has 4 rings (SSSR count). The average Bonchev–Trinajstić information content (AvgIpc) is 3.22. The van der Waals surface area contributed by atoms with Gasteiger partial charge in [0.05, 0.1) is 5.69 Å². The van der Waals surface area contributed by atoms with Gasteiger partial charge in [-0.05, 0) is 30.7 Å². The van der Waals surface area contributed by atoms with Gasteiger partial charge in [0.2, 0.25) is 5.91 Å². The van der Waals surface area contributed by atoms with Crippen LogP contribution in [0.4, 0.5) is 10.1 Å². The van der Waals surface area contributed by atoms with E-state index in [4.69, 9.17) is 0 Å². The second kappa shape index (κ2) is 8.52. The lowest BCUT2D eigenvalue weighted by Gasteiger charge is -2.36. The van der Waals surface area contributed by atoms with Gasteiger partial charge in [0.1, 0.15) is 10.8 Å². The van der Waals surface area contributed by atoms with Gasteiger partial charge >= 0.3 is 0 Å². The molecule has 4 nitrogen and oxygen atoms in total. The molecule has 0 radical (unpaired) electrons. The van der Waals surface area contributed by atoms with Crippen molar-refractivity contribution in [1.29, 1.82) is 0 Å². The summed E-state index contributed by atoms with van der Waals surface area (Å²) in [4.78, 5) is 21.3. The fourth-order valence-corrected chi connectivity index (χ4v) is 4.25. The van der Waals surface area contributed by atoms with Crippen LogP contribution in [0.2, 0.25) is 0 Å². The molecule has 3 aromatic rings.